The minimum atomic E-state index is -1.13. The third-order valence-corrected chi connectivity index (χ3v) is 3.48. The normalized spacial score (nSPS) is 21.2. The number of nitrogens with one attached hydrogen (secondary N) is 2. The van der Waals surface area contributed by atoms with E-state index in [1.807, 2.05) is 0 Å². The van der Waals surface area contributed by atoms with Crippen molar-refractivity contribution in [3.05, 3.63) is 11.1 Å². The smallest absolute Gasteiger partial charge is 0.326 e. The van der Waals surface area contributed by atoms with E-state index < -0.39 is 12.0 Å². The quantitative estimate of drug-likeness (QED) is 0.608. The summed E-state index contributed by atoms with van der Waals surface area (Å²) in [6, 6.07) is -1.43. The summed E-state index contributed by atoms with van der Waals surface area (Å²) in [6.07, 6.45) is 1.65. The van der Waals surface area contributed by atoms with Crippen molar-refractivity contribution in [2.75, 3.05) is 11.9 Å². The van der Waals surface area contributed by atoms with E-state index in [0.29, 0.717) is 17.4 Å². The van der Waals surface area contributed by atoms with E-state index in [9.17, 15) is 9.59 Å². The molecule has 1 aliphatic heterocycles. The highest BCUT2D eigenvalue weighted by Crippen LogP contribution is 2.21. The number of aliphatic carboxylic acids is 1. The molecule has 2 rings (SSSR count). The summed E-state index contributed by atoms with van der Waals surface area (Å²) in [7, 11) is 0. The molecule has 1 fully saturated rings. The number of carbonyl (C=O) groups excluding carboxylic acids is 1. The van der Waals surface area contributed by atoms with Crippen molar-refractivity contribution >= 4 is 28.3 Å². The molecule has 2 unspecified atom stereocenters. The van der Waals surface area contributed by atoms with Gasteiger partial charge in [-0.05, 0) is 12.8 Å². The Morgan fingerprint density at radius 2 is 2.50 bits per heavy atom. The van der Waals surface area contributed by atoms with E-state index in [1.165, 1.54) is 11.3 Å². The Kier molecular flexibility index (Phi) is 3.78. The molecule has 0 radical (unpaired) electrons. The Hall–Kier alpha value is -1.67. The lowest BCUT2D eigenvalue weighted by Crippen LogP contribution is -2.44. The van der Waals surface area contributed by atoms with Gasteiger partial charge in [0.05, 0.1) is 5.69 Å². The van der Waals surface area contributed by atoms with Gasteiger partial charge in [-0.2, -0.15) is 0 Å². The summed E-state index contributed by atoms with van der Waals surface area (Å²) in [5, 5.41) is 16.6. The highest BCUT2D eigenvalue weighted by atomic mass is 32.1. The number of anilines is 1. The molecule has 1 saturated heterocycles. The molecule has 7 nitrogen and oxygen atoms in total. The number of hydrogen-bond donors (Lipinski definition) is 4. The van der Waals surface area contributed by atoms with Crippen LogP contribution in [0.15, 0.2) is 5.38 Å². The third-order valence-electron chi connectivity index (χ3n) is 2.69. The van der Waals surface area contributed by atoms with E-state index in [0.717, 1.165) is 12.8 Å². The number of aromatic nitrogens is 1. The fraction of sp³-hybridized carbons (Fsp3) is 0.500. The van der Waals surface area contributed by atoms with Crippen molar-refractivity contribution in [3.8, 4) is 0 Å². The van der Waals surface area contributed by atoms with Crippen LogP contribution in [0.1, 0.15) is 24.6 Å². The van der Waals surface area contributed by atoms with Crippen LogP contribution in [-0.4, -0.2) is 34.6 Å². The molecule has 0 saturated carbocycles. The van der Waals surface area contributed by atoms with Crippen molar-refractivity contribution in [1.82, 2.24) is 10.3 Å². The molecule has 18 heavy (non-hydrogen) atoms. The SMILES string of the molecule is NC(C(=O)O)c1csc(NC2CCCNC2=O)n1. The largest absolute Gasteiger partial charge is 0.480 e. The number of carboxylic acids is 1. The maximum atomic E-state index is 11.5. The lowest BCUT2D eigenvalue weighted by molar-refractivity contribution is -0.138. The number of nitrogens with two attached hydrogens (primary N) is 1. The molecule has 2 atom stereocenters. The molecule has 2 heterocycles. The molecule has 0 bridgehead atoms. The van der Waals surface area contributed by atoms with E-state index >= 15 is 0 Å². The first kappa shape index (κ1) is 12.8. The molecular weight excluding hydrogens is 256 g/mol. The van der Waals surface area contributed by atoms with Crippen molar-refractivity contribution in [2.24, 2.45) is 5.73 Å². The van der Waals surface area contributed by atoms with E-state index in [4.69, 9.17) is 10.8 Å². The molecular formula is C10H14N4O3S. The zero-order chi connectivity index (χ0) is 13.1. The van der Waals surface area contributed by atoms with Gasteiger partial charge in [-0.3, -0.25) is 9.59 Å². The lowest BCUT2D eigenvalue weighted by Gasteiger charge is -2.22. The number of nitrogens with zero attached hydrogens (tertiary/aromatic N) is 1. The number of thiazole rings is 1. The van der Waals surface area contributed by atoms with Gasteiger partial charge in [-0.15, -0.1) is 11.3 Å². The maximum Gasteiger partial charge on any atom is 0.326 e. The van der Waals surface area contributed by atoms with Crippen LogP contribution < -0.4 is 16.4 Å². The van der Waals surface area contributed by atoms with Gasteiger partial charge < -0.3 is 21.5 Å². The fourth-order valence-electron chi connectivity index (χ4n) is 1.68. The predicted molar refractivity (Wildman–Crippen MR) is 66.3 cm³/mol. The number of carbonyl (C=O) groups is 2. The first-order chi connectivity index (χ1) is 8.58. The molecule has 98 valence electrons. The highest BCUT2D eigenvalue weighted by molar-refractivity contribution is 7.13. The van der Waals surface area contributed by atoms with Gasteiger partial charge in [0, 0.05) is 11.9 Å². The monoisotopic (exact) mass is 270 g/mol. The van der Waals surface area contributed by atoms with Gasteiger partial charge >= 0.3 is 5.97 Å². The zero-order valence-electron chi connectivity index (χ0n) is 9.55. The van der Waals surface area contributed by atoms with Gasteiger partial charge in [-0.25, -0.2) is 4.98 Å². The Morgan fingerprint density at radius 3 is 3.17 bits per heavy atom. The molecule has 1 aliphatic rings. The van der Waals surface area contributed by atoms with Gasteiger partial charge in [0.15, 0.2) is 5.13 Å². The molecule has 8 heteroatoms. The van der Waals surface area contributed by atoms with Crippen LogP contribution in [0.5, 0.6) is 0 Å². The summed E-state index contributed by atoms with van der Waals surface area (Å²) in [4.78, 5) is 26.3. The molecule has 1 amide bonds. The summed E-state index contributed by atoms with van der Waals surface area (Å²) in [5.41, 5.74) is 5.75. The lowest BCUT2D eigenvalue weighted by atomic mass is 10.1. The molecule has 1 aromatic rings. The standard InChI is InChI=1S/C10H14N4O3S/c11-7(9(16)17)6-4-18-10(14-6)13-5-2-1-3-12-8(5)15/h4-5,7H,1-3,11H2,(H,12,15)(H,13,14)(H,16,17). The number of piperidine rings is 1. The second-order valence-electron chi connectivity index (χ2n) is 4.02. The molecule has 1 aromatic heterocycles. The molecule has 0 aliphatic carbocycles. The van der Waals surface area contributed by atoms with Crippen LogP contribution in [0.4, 0.5) is 5.13 Å². The number of carboxylic acid groups (broad SMARTS) is 1. The van der Waals surface area contributed by atoms with Crippen LogP contribution in [0.25, 0.3) is 0 Å². The van der Waals surface area contributed by atoms with Crippen molar-refractivity contribution in [2.45, 2.75) is 24.9 Å². The van der Waals surface area contributed by atoms with Crippen LogP contribution in [0, 0.1) is 0 Å². The van der Waals surface area contributed by atoms with E-state index in [-0.39, 0.29) is 11.9 Å². The number of rotatable bonds is 4. The fourth-order valence-corrected chi connectivity index (χ4v) is 2.48. The average molecular weight is 270 g/mol. The van der Waals surface area contributed by atoms with E-state index in [2.05, 4.69) is 15.6 Å². The minimum Gasteiger partial charge on any atom is -0.480 e. The molecule has 0 aromatic carbocycles. The van der Waals surface area contributed by atoms with Gasteiger partial charge in [-0.1, -0.05) is 0 Å². The summed E-state index contributed by atoms with van der Waals surface area (Å²) in [5.74, 6) is -1.18. The average Bonchev–Trinajstić information content (AvgIpc) is 2.79. The Balaban J connectivity index is 2.02. The molecule has 0 spiro atoms. The second-order valence-corrected chi connectivity index (χ2v) is 4.88. The molecule has 5 N–H and O–H groups in total. The highest BCUT2D eigenvalue weighted by Gasteiger charge is 2.23. The van der Waals surface area contributed by atoms with Crippen LogP contribution in [0.3, 0.4) is 0 Å². The van der Waals surface area contributed by atoms with E-state index in [1.54, 1.807) is 5.38 Å². The zero-order valence-corrected chi connectivity index (χ0v) is 10.4. The summed E-state index contributed by atoms with van der Waals surface area (Å²) in [6.45, 7) is 0.698. The van der Waals surface area contributed by atoms with Crippen LogP contribution in [-0.2, 0) is 9.59 Å². The third kappa shape index (κ3) is 2.77. The van der Waals surface area contributed by atoms with Crippen molar-refractivity contribution in [3.63, 3.8) is 0 Å². The summed E-state index contributed by atoms with van der Waals surface area (Å²) >= 11 is 1.25. The maximum absolute atomic E-state index is 11.5. The number of hydrogen-bond acceptors (Lipinski definition) is 6. The Morgan fingerprint density at radius 1 is 1.72 bits per heavy atom. The van der Waals surface area contributed by atoms with Crippen LogP contribution >= 0.6 is 11.3 Å². The Bertz CT molecular complexity index is 462. The van der Waals surface area contributed by atoms with Gasteiger partial charge in [0.1, 0.15) is 12.1 Å². The van der Waals surface area contributed by atoms with Gasteiger partial charge in [0.25, 0.3) is 0 Å². The second kappa shape index (κ2) is 5.32. The van der Waals surface area contributed by atoms with Crippen LogP contribution in [0.2, 0.25) is 0 Å². The van der Waals surface area contributed by atoms with Gasteiger partial charge in [0.2, 0.25) is 5.91 Å². The topological polar surface area (TPSA) is 117 Å². The summed E-state index contributed by atoms with van der Waals surface area (Å²) < 4.78 is 0. The predicted octanol–water partition coefficient (Wildman–Crippen LogP) is -0.0820. The van der Waals surface area contributed by atoms with Crippen molar-refractivity contribution < 1.29 is 14.7 Å². The Labute approximate surface area is 107 Å². The number of amides is 1. The minimum absolute atomic E-state index is 0.0551. The first-order valence-electron chi connectivity index (χ1n) is 5.56. The van der Waals surface area contributed by atoms with Crippen molar-refractivity contribution in [1.29, 1.82) is 0 Å². The first-order valence-corrected chi connectivity index (χ1v) is 6.44.